The zero-order chi connectivity index (χ0) is 13.5. The number of fused-ring (bicyclic) bond motifs is 1. The molecule has 0 amide bonds. The molecule has 1 saturated carbocycles. The van der Waals surface area contributed by atoms with Crippen LogP contribution < -0.4 is 11.0 Å². The molecular formula is C12H17N5O2. The third kappa shape index (κ3) is 2.21. The van der Waals surface area contributed by atoms with Crippen molar-refractivity contribution in [1.82, 2.24) is 19.6 Å². The molecule has 7 heteroatoms. The van der Waals surface area contributed by atoms with Crippen molar-refractivity contribution in [3.05, 3.63) is 22.4 Å². The molecule has 1 aliphatic carbocycles. The van der Waals surface area contributed by atoms with Crippen LogP contribution in [0.3, 0.4) is 0 Å². The minimum Gasteiger partial charge on any atom is -0.388 e. The number of hydrogen-bond acceptors (Lipinski definition) is 5. The number of hydrogen-bond donors (Lipinski definition) is 3. The second-order valence-corrected chi connectivity index (χ2v) is 5.20. The normalized spacial score (nSPS) is 18.0. The maximum atomic E-state index is 11.5. The number of nitrogens with one attached hydrogen (secondary N) is 2. The summed E-state index contributed by atoms with van der Waals surface area (Å²) >= 11 is 0. The predicted molar refractivity (Wildman–Crippen MR) is 70.3 cm³/mol. The molecule has 0 spiro atoms. The van der Waals surface area contributed by atoms with E-state index in [0.29, 0.717) is 23.8 Å². The third-order valence-electron chi connectivity index (χ3n) is 3.70. The van der Waals surface area contributed by atoms with Gasteiger partial charge in [-0.1, -0.05) is 12.8 Å². The molecule has 3 N–H and O–H groups in total. The average molecular weight is 263 g/mol. The molecule has 102 valence electrons. The largest absolute Gasteiger partial charge is 0.388 e. The maximum Gasteiger partial charge on any atom is 0.349 e. The molecule has 2 aromatic rings. The fraction of sp³-hybridized carbons (Fsp3) is 0.583. The van der Waals surface area contributed by atoms with Crippen LogP contribution in [0.25, 0.3) is 5.65 Å². The molecule has 7 nitrogen and oxygen atoms in total. The van der Waals surface area contributed by atoms with E-state index in [-0.39, 0.29) is 5.69 Å². The van der Waals surface area contributed by atoms with Crippen LogP contribution in [0.5, 0.6) is 0 Å². The Hall–Kier alpha value is -1.89. The lowest BCUT2D eigenvalue weighted by molar-refractivity contribution is 0.0614. The van der Waals surface area contributed by atoms with Crippen LogP contribution in [-0.2, 0) is 0 Å². The van der Waals surface area contributed by atoms with E-state index in [1.54, 1.807) is 13.0 Å². The van der Waals surface area contributed by atoms with E-state index in [9.17, 15) is 9.90 Å². The minimum absolute atomic E-state index is 0.291. The van der Waals surface area contributed by atoms with Gasteiger partial charge in [0.25, 0.3) is 0 Å². The summed E-state index contributed by atoms with van der Waals surface area (Å²) in [5.74, 6) is 1.20. The Kier molecular flexibility index (Phi) is 2.78. The summed E-state index contributed by atoms with van der Waals surface area (Å²) in [6, 6.07) is 1.70. The van der Waals surface area contributed by atoms with Crippen molar-refractivity contribution < 1.29 is 5.11 Å². The van der Waals surface area contributed by atoms with Gasteiger partial charge in [-0.3, -0.25) is 0 Å². The highest BCUT2D eigenvalue weighted by atomic mass is 16.3. The van der Waals surface area contributed by atoms with Gasteiger partial charge in [0.1, 0.15) is 11.6 Å². The quantitative estimate of drug-likeness (QED) is 0.747. The fourth-order valence-electron chi connectivity index (χ4n) is 2.65. The van der Waals surface area contributed by atoms with E-state index in [1.807, 2.05) is 0 Å². The molecule has 3 rings (SSSR count). The molecule has 0 saturated heterocycles. The van der Waals surface area contributed by atoms with Gasteiger partial charge < -0.3 is 10.4 Å². The fourth-order valence-corrected chi connectivity index (χ4v) is 2.65. The third-order valence-corrected chi connectivity index (χ3v) is 3.70. The summed E-state index contributed by atoms with van der Waals surface area (Å²) in [5.41, 5.74) is -0.396. The number of rotatable bonds is 3. The van der Waals surface area contributed by atoms with Crippen LogP contribution in [0.15, 0.2) is 10.9 Å². The summed E-state index contributed by atoms with van der Waals surface area (Å²) in [4.78, 5) is 15.8. The lowest BCUT2D eigenvalue weighted by atomic mass is 10.0. The molecule has 1 aliphatic rings. The number of H-pyrrole nitrogens is 1. The number of aromatic amines is 1. The number of aromatic nitrogens is 4. The number of anilines is 1. The van der Waals surface area contributed by atoms with Crippen LogP contribution in [0.1, 0.15) is 31.5 Å². The minimum atomic E-state index is -0.632. The zero-order valence-corrected chi connectivity index (χ0v) is 10.8. The Bertz CT molecular complexity index is 654. The second-order valence-electron chi connectivity index (χ2n) is 5.20. The van der Waals surface area contributed by atoms with E-state index >= 15 is 0 Å². The van der Waals surface area contributed by atoms with Crippen LogP contribution in [-0.4, -0.2) is 36.8 Å². The highest BCUT2D eigenvalue weighted by molar-refractivity contribution is 5.49. The molecule has 0 bridgehead atoms. The lowest BCUT2D eigenvalue weighted by Crippen LogP contribution is -2.33. The SMILES string of the molecule is Cc1nc(NCC2(O)CCCC2)cc2n[nH]c(=O)n12. The van der Waals surface area contributed by atoms with Crippen molar-refractivity contribution in [2.45, 2.75) is 38.2 Å². The van der Waals surface area contributed by atoms with Gasteiger partial charge >= 0.3 is 5.69 Å². The monoisotopic (exact) mass is 263 g/mol. The molecular weight excluding hydrogens is 246 g/mol. The number of nitrogens with zero attached hydrogens (tertiary/aromatic N) is 3. The lowest BCUT2D eigenvalue weighted by Gasteiger charge is -2.22. The Balaban J connectivity index is 1.83. The molecule has 2 aromatic heterocycles. The molecule has 0 unspecified atom stereocenters. The van der Waals surface area contributed by atoms with Crippen LogP contribution in [0, 0.1) is 6.92 Å². The van der Waals surface area contributed by atoms with Crippen molar-refractivity contribution in [2.75, 3.05) is 11.9 Å². The van der Waals surface area contributed by atoms with Crippen molar-refractivity contribution in [2.24, 2.45) is 0 Å². The Labute approximate surface area is 109 Å². The topological polar surface area (TPSA) is 95.3 Å². The first-order valence-corrected chi connectivity index (χ1v) is 6.48. The number of aryl methyl sites for hydroxylation is 1. The van der Waals surface area contributed by atoms with Gasteiger partial charge in [-0.05, 0) is 19.8 Å². The van der Waals surface area contributed by atoms with E-state index in [2.05, 4.69) is 20.5 Å². The highest BCUT2D eigenvalue weighted by Gasteiger charge is 2.30. The van der Waals surface area contributed by atoms with Crippen LogP contribution >= 0.6 is 0 Å². The van der Waals surface area contributed by atoms with Gasteiger partial charge in [-0.25, -0.2) is 19.3 Å². The highest BCUT2D eigenvalue weighted by Crippen LogP contribution is 2.29. The summed E-state index contributed by atoms with van der Waals surface area (Å²) in [5, 5.41) is 19.7. The average Bonchev–Trinajstić information content (AvgIpc) is 2.95. The van der Waals surface area contributed by atoms with E-state index < -0.39 is 5.60 Å². The summed E-state index contributed by atoms with van der Waals surface area (Å²) in [7, 11) is 0. The van der Waals surface area contributed by atoms with Crippen molar-refractivity contribution in [3.63, 3.8) is 0 Å². The van der Waals surface area contributed by atoms with Crippen molar-refractivity contribution >= 4 is 11.5 Å². The van der Waals surface area contributed by atoms with Crippen molar-refractivity contribution in [1.29, 1.82) is 0 Å². The van der Waals surface area contributed by atoms with Crippen LogP contribution in [0.4, 0.5) is 5.82 Å². The second kappa shape index (κ2) is 4.34. The van der Waals surface area contributed by atoms with E-state index in [1.165, 1.54) is 4.40 Å². The molecule has 0 atom stereocenters. The summed E-state index contributed by atoms with van der Waals surface area (Å²) in [6.45, 7) is 2.23. The predicted octanol–water partition coefficient (Wildman–Crippen LogP) is 0.443. The van der Waals surface area contributed by atoms with Crippen molar-refractivity contribution in [3.8, 4) is 0 Å². The molecule has 1 fully saturated rings. The van der Waals surface area contributed by atoms with Crippen LogP contribution in [0.2, 0.25) is 0 Å². The summed E-state index contributed by atoms with van der Waals surface area (Å²) < 4.78 is 1.41. The Morgan fingerprint density at radius 2 is 2.26 bits per heavy atom. The maximum absolute atomic E-state index is 11.5. The van der Waals surface area contributed by atoms with Gasteiger partial charge in [-0.2, -0.15) is 5.10 Å². The first-order valence-electron chi connectivity index (χ1n) is 6.48. The van der Waals surface area contributed by atoms with Gasteiger partial charge in [0.15, 0.2) is 5.65 Å². The molecule has 0 radical (unpaired) electrons. The van der Waals surface area contributed by atoms with Gasteiger partial charge in [0.2, 0.25) is 0 Å². The van der Waals surface area contributed by atoms with E-state index in [0.717, 1.165) is 25.7 Å². The Morgan fingerprint density at radius 3 is 3.00 bits per heavy atom. The number of aliphatic hydroxyl groups is 1. The molecule has 0 aliphatic heterocycles. The molecule has 0 aromatic carbocycles. The zero-order valence-electron chi connectivity index (χ0n) is 10.8. The first-order chi connectivity index (χ1) is 9.07. The summed E-state index contributed by atoms with van der Waals surface area (Å²) in [6.07, 6.45) is 3.78. The molecule has 2 heterocycles. The smallest absolute Gasteiger partial charge is 0.349 e. The Morgan fingerprint density at radius 1 is 1.53 bits per heavy atom. The van der Waals surface area contributed by atoms with Gasteiger partial charge in [-0.15, -0.1) is 0 Å². The standard InChI is InChI=1S/C12H17N5O2/c1-8-14-9(6-10-15-16-11(18)17(8)10)13-7-12(19)4-2-3-5-12/h6,13,19H,2-5,7H2,1H3,(H,16,18). The first kappa shape index (κ1) is 12.2. The molecule has 19 heavy (non-hydrogen) atoms. The van der Waals surface area contributed by atoms with Gasteiger partial charge in [0, 0.05) is 12.6 Å². The van der Waals surface area contributed by atoms with E-state index in [4.69, 9.17) is 0 Å². The van der Waals surface area contributed by atoms with Gasteiger partial charge in [0.05, 0.1) is 5.60 Å².